The number of hydrogen-bond donors (Lipinski definition) is 3. The third kappa shape index (κ3) is 5.20. The van der Waals surface area contributed by atoms with Gasteiger partial charge in [0.2, 0.25) is 0 Å². The molecule has 4 rings (SSSR count). The van der Waals surface area contributed by atoms with Crippen LogP contribution in [0.2, 0.25) is 0 Å². The minimum absolute atomic E-state index is 0.0254. The van der Waals surface area contributed by atoms with Crippen LogP contribution in [0.3, 0.4) is 0 Å². The van der Waals surface area contributed by atoms with Crippen molar-refractivity contribution in [3.05, 3.63) is 59.2 Å². The van der Waals surface area contributed by atoms with Crippen molar-refractivity contribution < 1.29 is 18.7 Å². The van der Waals surface area contributed by atoms with Gasteiger partial charge in [0.15, 0.2) is 11.6 Å². The monoisotopic (exact) mass is 501 g/mol. The second-order valence-electron chi connectivity index (χ2n) is 9.36. The molecule has 0 amide bonds. The van der Waals surface area contributed by atoms with Crippen LogP contribution in [0, 0.1) is 11.6 Å². The molecule has 0 saturated carbocycles. The average molecular weight is 501 g/mol. The fourth-order valence-electron chi connectivity index (χ4n) is 4.74. The summed E-state index contributed by atoms with van der Waals surface area (Å²) in [6, 6.07) is 9.54. The first-order chi connectivity index (χ1) is 17.5. The number of nitrogens with zero attached hydrogens (tertiary/aromatic N) is 3. The van der Waals surface area contributed by atoms with Crippen LogP contribution in [0.4, 0.5) is 20.2 Å². The van der Waals surface area contributed by atoms with Gasteiger partial charge in [0.05, 0.1) is 16.9 Å². The number of carboxylic acid groups (broad SMARTS) is 1. The summed E-state index contributed by atoms with van der Waals surface area (Å²) in [5, 5.41) is 10.7. The Labute approximate surface area is 217 Å². The number of hydrazine groups is 1. The SMILES string of the molecule is [B]c1c([B])c(-c2cc(N)c(N(C)N)c(C(=O)O)c2)c(F)c(F)c1-c1cccc(CN2CCN(C)CC2)c1. The fraction of sp³-hybridized carbons (Fsp3) is 0.269. The lowest BCUT2D eigenvalue weighted by atomic mass is 9.71. The summed E-state index contributed by atoms with van der Waals surface area (Å²) in [5.74, 6) is 1.93. The number of nitrogens with two attached hydrogens (primary N) is 2. The number of carboxylic acids is 1. The molecule has 1 fully saturated rings. The molecule has 0 aliphatic carbocycles. The molecule has 5 N–H and O–H groups in total. The number of nitrogen functional groups attached to an aromatic ring is 1. The normalized spacial score (nSPS) is 14.6. The third-order valence-corrected chi connectivity index (χ3v) is 6.69. The quantitative estimate of drug-likeness (QED) is 0.202. The van der Waals surface area contributed by atoms with E-state index in [0.29, 0.717) is 12.1 Å². The van der Waals surface area contributed by atoms with Gasteiger partial charge in [-0.2, -0.15) is 0 Å². The molecule has 1 saturated heterocycles. The van der Waals surface area contributed by atoms with Crippen molar-refractivity contribution in [1.29, 1.82) is 0 Å². The van der Waals surface area contributed by atoms with Crippen LogP contribution >= 0.6 is 0 Å². The molecule has 1 aliphatic heterocycles. The highest BCUT2D eigenvalue weighted by atomic mass is 19.2. The maximum absolute atomic E-state index is 15.6. The molecule has 0 bridgehead atoms. The fourth-order valence-corrected chi connectivity index (χ4v) is 4.74. The van der Waals surface area contributed by atoms with E-state index in [1.165, 1.54) is 13.1 Å². The van der Waals surface area contributed by atoms with Crippen molar-refractivity contribution >= 4 is 44.0 Å². The molecule has 0 atom stereocenters. The number of anilines is 2. The number of likely N-dealkylation sites (N-methyl/N-ethyl adjacent to an activating group) is 1. The summed E-state index contributed by atoms with van der Waals surface area (Å²) in [7, 11) is 16.0. The number of carbonyl (C=O) groups is 1. The van der Waals surface area contributed by atoms with Crippen LogP contribution in [-0.2, 0) is 6.54 Å². The first kappa shape index (κ1) is 26.7. The second kappa shape index (κ2) is 10.5. The van der Waals surface area contributed by atoms with E-state index in [2.05, 4.69) is 16.8 Å². The van der Waals surface area contributed by atoms with Gasteiger partial charge >= 0.3 is 5.97 Å². The Morgan fingerprint density at radius 1 is 1.03 bits per heavy atom. The zero-order valence-corrected chi connectivity index (χ0v) is 20.8. The maximum Gasteiger partial charge on any atom is 0.337 e. The molecule has 188 valence electrons. The van der Waals surface area contributed by atoms with Gasteiger partial charge in [-0.25, -0.2) is 19.4 Å². The van der Waals surface area contributed by atoms with E-state index < -0.39 is 17.6 Å². The second-order valence-corrected chi connectivity index (χ2v) is 9.36. The van der Waals surface area contributed by atoms with E-state index in [-0.39, 0.29) is 44.6 Å². The van der Waals surface area contributed by atoms with Crippen LogP contribution < -0.4 is 27.5 Å². The van der Waals surface area contributed by atoms with E-state index in [9.17, 15) is 9.90 Å². The van der Waals surface area contributed by atoms with Crippen LogP contribution in [0.25, 0.3) is 22.3 Å². The van der Waals surface area contributed by atoms with Crippen LogP contribution in [0.15, 0.2) is 36.4 Å². The molecule has 4 radical (unpaired) electrons. The number of halogens is 2. The minimum atomic E-state index is -1.35. The van der Waals surface area contributed by atoms with Gasteiger partial charge in [-0.1, -0.05) is 29.1 Å². The van der Waals surface area contributed by atoms with Crippen molar-refractivity contribution in [2.75, 3.05) is 51.0 Å². The van der Waals surface area contributed by atoms with Crippen LogP contribution in [0.5, 0.6) is 0 Å². The first-order valence-corrected chi connectivity index (χ1v) is 11.7. The van der Waals surface area contributed by atoms with Gasteiger partial charge in [-0.15, -0.1) is 0 Å². The highest BCUT2D eigenvalue weighted by Crippen LogP contribution is 2.35. The lowest BCUT2D eigenvalue weighted by molar-refractivity contribution is 0.0697. The first-order valence-electron chi connectivity index (χ1n) is 11.7. The standard InChI is InChI=1S/C26H27B2F2N5O2/c1-33-6-8-35(9-7-33)13-14-4-3-5-15(10-14)19-21(27)22(28)20(24(30)23(19)29)16-11-17(26(36)37)25(34(2)32)18(31)12-16/h3-5,10-12H,6-9,13,31-32H2,1-2H3,(H,36,37). The molecular weight excluding hydrogens is 474 g/mol. The van der Waals surface area contributed by atoms with E-state index >= 15 is 8.78 Å². The Morgan fingerprint density at radius 2 is 1.62 bits per heavy atom. The van der Waals surface area contributed by atoms with Crippen molar-refractivity contribution in [2.45, 2.75) is 6.54 Å². The molecule has 1 aliphatic rings. The highest BCUT2D eigenvalue weighted by Gasteiger charge is 2.25. The number of hydrogen-bond acceptors (Lipinski definition) is 6. The number of rotatable bonds is 6. The Balaban J connectivity index is 1.78. The average Bonchev–Trinajstić information content (AvgIpc) is 2.84. The highest BCUT2D eigenvalue weighted by molar-refractivity contribution is 6.53. The summed E-state index contributed by atoms with van der Waals surface area (Å²) < 4.78 is 31.1. The van der Waals surface area contributed by atoms with Crippen molar-refractivity contribution in [3.8, 4) is 22.3 Å². The van der Waals surface area contributed by atoms with Crippen molar-refractivity contribution in [3.63, 3.8) is 0 Å². The summed E-state index contributed by atoms with van der Waals surface area (Å²) in [6.45, 7) is 4.40. The molecule has 7 nitrogen and oxygen atoms in total. The summed E-state index contributed by atoms with van der Waals surface area (Å²) in [5.41, 5.74) is 6.11. The van der Waals surface area contributed by atoms with Gasteiger partial charge in [-0.3, -0.25) is 4.90 Å². The lowest BCUT2D eigenvalue weighted by Crippen LogP contribution is -2.43. The van der Waals surface area contributed by atoms with Crippen molar-refractivity contribution in [2.24, 2.45) is 5.84 Å². The molecule has 0 spiro atoms. The predicted octanol–water partition coefficient (Wildman–Crippen LogP) is 1.22. The van der Waals surface area contributed by atoms with Crippen LogP contribution in [0.1, 0.15) is 15.9 Å². The van der Waals surface area contributed by atoms with Gasteiger partial charge in [0.1, 0.15) is 15.7 Å². The Morgan fingerprint density at radius 3 is 2.19 bits per heavy atom. The number of piperazine rings is 1. The minimum Gasteiger partial charge on any atom is -0.478 e. The van der Waals surface area contributed by atoms with Crippen LogP contribution in [-0.4, -0.2) is 76.8 Å². The van der Waals surface area contributed by atoms with Gasteiger partial charge in [0, 0.05) is 50.9 Å². The van der Waals surface area contributed by atoms with Gasteiger partial charge < -0.3 is 20.7 Å². The molecule has 3 aromatic carbocycles. The van der Waals surface area contributed by atoms with E-state index in [4.69, 9.17) is 27.3 Å². The lowest BCUT2D eigenvalue weighted by Gasteiger charge is -2.32. The summed E-state index contributed by atoms with van der Waals surface area (Å²) >= 11 is 0. The smallest absolute Gasteiger partial charge is 0.337 e. The van der Waals surface area contributed by atoms with E-state index in [1.807, 2.05) is 6.07 Å². The molecule has 0 aromatic heterocycles. The third-order valence-electron chi connectivity index (χ3n) is 6.69. The summed E-state index contributed by atoms with van der Waals surface area (Å²) in [6.07, 6.45) is 0. The molecule has 1 heterocycles. The van der Waals surface area contributed by atoms with E-state index in [0.717, 1.165) is 42.8 Å². The number of benzene rings is 3. The maximum atomic E-state index is 15.6. The molecule has 11 heteroatoms. The Bertz CT molecular complexity index is 1330. The van der Waals surface area contributed by atoms with E-state index in [1.54, 1.807) is 18.2 Å². The topological polar surface area (TPSA) is 99.1 Å². The molecular formula is C26H27B2F2N5O2. The molecule has 3 aromatic rings. The number of aromatic carboxylic acids is 1. The Hall–Kier alpha value is -3.40. The Kier molecular flexibility index (Phi) is 7.59. The predicted molar refractivity (Wildman–Crippen MR) is 145 cm³/mol. The van der Waals surface area contributed by atoms with Gasteiger partial charge in [0.25, 0.3) is 0 Å². The van der Waals surface area contributed by atoms with Gasteiger partial charge in [-0.05, 0) is 41.9 Å². The molecule has 0 unspecified atom stereocenters. The zero-order chi connectivity index (χ0) is 27.0. The summed E-state index contributed by atoms with van der Waals surface area (Å²) in [4.78, 5) is 16.4. The molecule has 37 heavy (non-hydrogen) atoms. The zero-order valence-electron chi connectivity index (χ0n) is 20.8. The van der Waals surface area contributed by atoms with Crippen molar-refractivity contribution in [1.82, 2.24) is 9.80 Å². The largest absolute Gasteiger partial charge is 0.478 e.